The van der Waals surface area contributed by atoms with E-state index in [0.29, 0.717) is 6.08 Å². The van der Waals surface area contributed by atoms with E-state index in [1.807, 2.05) is 0 Å². The number of alkyl halides is 6. The van der Waals surface area contributed by atoms with Crippen molar-refractivity contribution < 1.29 is 50.1 Å². The molecule has 0 spiro atoms. The van der Waals surface area contributed by atoms with Crippen LogP contribution in [0, 0.1) is 5.92 Å². The molecule has 0 amide bonds. The molecule has 1 fully saturated rings. The Morgan fingerprint density at radius 2 is 1.87 bits per heavy atom. The summed E-state index contributed by atoms with van der Waals surface area (Å²) in [5.74, 6) is -4.46. The van der Waals surface area contributed by atoms with Crippen LogP contribution in [0.25, 0.3) is 0 Å². The normalized spacial score (nSPS) is 28.3. The van der Waals surface area contributed by atoms with Crippen molar-refractivity contribution in [3.8, 4) is 0 Å². The van der Waals surface area contributed by atoms with Gasteiger partial charge in [0.2, 0.25) is 6.29 Å². The van der Waals surface area contributed by atoms with Gasteiger partial charge in [-0.05, 0) is 0 Å². The zero-order chi connectivity index (χ0) is 18.1. The molecule has 3 atom stereocenters. The molecule has 11 heteroatoms. The number of esters is 2. The highest BCUT2D eigenvalue weighted by molar-refractivity contribution is 5.82. The number of ether oxygens (including phenoxy) is 3. The Kier molecular flexibility index (Phi) is 5.34. The maximum Gasteiger partial charge on any atom is 0.428 e. The van der Waals surface area contributed by atoms with Crippen molar-refractivity contribution in [2.45, 2.75) is 37.6 Å². The van der Waals surface area contributed by atoms with Crippen molar-refractivity contribution in [3.63, 3.8) is 0 Å². The molecule has 0 aromatic heterocycles. The van der Waals surface area contributed by atoms with Gasteiger partial charge in [0, 0.05) is 18.4 Å². The van der Waals surface area contributed by atoms with Gasteiger partial charge in [-0.2, -0.15) is 26.3 Å². The lowest BCUT2D eigenvalue weighted by molar-refractivity contribution is -0.293. The smallest absolute Gasteiger partial charge is 0.428 e. The van der Waals surface area contributed by atoms with Gasteiger partial charge in [-0.15, -0.1) is 0 Å². The van der Waals surface area contributed by atoms with Crippen molar-refractivity contribution in [1.29, 1.82) is 0 Å². The molecule has 1 saturated heterocycles. The number of carbonyl (C=O) groups is 2. The molecule has 0 aromatic carbocycles. The molecule has 132 valence electrons. The lowest BCUT2D eigenvalue weighted by Crippen LogP contribution is -2.53. The van der Waals surface area contributed by atoms with E-state index >= 15 is 0 Å². The summed E-state index contributed by atoms with van der Waals surface area (Å²) >= 11 is 0. The number of carbonyl (C=O) groups excluding carboxylic acids is 2. The monoisotopic (exact) mass is 350 g/mol. The molecule has 1 aliphatic rings. The summed E-state index contributed by atoms with van der Waals surface area (Å²) in [4.78, 5) is 22.6. The minimum absolute atomic E-state index is 0.658. The number of hydrogen-bond donors (Lipinski definition) is 0. The Morgan fingerprint density at radius 3 is 2.30 bits per heavy atom. The van der Waals surface area contributed by atoms with E-state index in [9.17, 15) is 35.9 Å². The maximum atomic E-state index is 13.2. The molecule has 23 heavy (non-hydrogen) atoms. The minimum atomic E-state index is -5.36. The fourth-order valence-corrected chi connectivity index (χ4v) is 1.91. The molecular formula is C12H12F6O5. The molecule has 0 saturated carbocycles. The van der Waals surface area contributed by atoms with Gasteiger partial charge in [0.25, 0.3) is 5.60 Å². The molecule has 3 unspecified atom stereocenters. The highest BCUT2D eigenvalue weighted by Gasteiger charge is 2.69. The Balaban J connectivity index is 3.00. The van der Waals surface area contributed by atoms with Crippen LogP contribution >= 0.6 is 0 Å². The lowest BCUT2D eigenvalue weighted by Gasteiger charge is -2.29. The summed E-state index contributed by atoms with van der Waals surface area (Å²) in [6, 6.07) is 0. The van der Waals surface area contributed by atoms with Gasteiger partial charge in [0.1, 0.15) is 0 Å². The van der Waals surface area contributed by atoms with Crippen molar-refractivity contribution in [3.05, 3.63) is 12.7 Å². The SMILES string of the molecule is C=CC(=O)OC1OC(C(=O)OCC(F)(F)F)(C(F)(F)F)CC1C. The second kappa shape index (κ2) is 6.38. The molecule has 5 nitrogen and oxygen atoms in total. The van der Waals surface area contributed by atoms with Gasteiger partial charge < -0.3 is 14.2 Å². The largest absolute Gasteiger partial charge is 0.454 e. The Hall–Kier alpha value is -1.78. The van der Waals surface area contributed by atoms with Crippen LogP contribution in [0.15, 0.2) is 12.7 Å². The Morgan fingerprint density at radius 1 is 1.30 bits per heavy atom. The van der Waals surface area contributed by atoms with Crippen LogP contribution < -0.4 is 0 Å². The molecule has 1 rings (SSSR count). The standard InChI is InChI=1S/C12H12F6O5/c1-3-7(19)22-8-6(2)4-10(23-8,12(16,17)18)9(20)21-5-11(13,14)15/h3,6,8H,1,4-5H2,2H3. The van der Waals surface area contributed by atoms with Gasteiger partial charge in [0.15, 0.2) is 6.61 Å². The van der Waals surface area contributed by atoms with E-state index in [1.54, 1.807) is 0 Å². The van der Waals surface area contributed by atoms with E-state index in [2.05, 4.69) is 20.8 Å². The van der Waals surface area contributed by atoms with Crippen LogP contribution in [0.4, 0.5) is 26.3 Å². The molecule has 1 heterocycles. The van der Waals surface area contributed by atoms with E-state index < -0.39 is 55.1 Å². The molecule has 0 N–H and O–H groups in total. The third-order valence-electron chi connectivity index (χ3n) is 2.94. The highest BCUT2D eigenvalue weighted by atomic mass is 19.4. The molecule has 0 aliphatic carbocycles. The third kappa shape index (κ3) is 4.36. The van der Waals surface area contributed by atoms with E-state index in [1.165, 1.54) is 6.92 Å². The molecule has 0 aromatic rings. The third-order valence-corrected chi connectivity index (χ3v) is 2.94. The first-order valence-electron chi connectivity index (χ1n) is 6.14. The van der Waals surface area contributed by atoms with Gasteiger partial charge in [-0.3, -0.25) is 0 Å². The van der Waals surface area contributed by atoms with Crippen LogP contribution in [0.3, 0.4) is 0 Å². The first-order chi connectivity index (χ1) is 10.3. The van der Waals surface area contributed by atoms with Crippen LogP contribution in [-0.4, -0.2) is 42.8 Å². The maximum absolute atomic E-state index is 13.2. The first kappa shape index (κ1) is 19.3. The van der Waals surface area contributed by atoms with Crippen LogP contribution in [0.1, 0.15) is 13.3 Å². The Labute approximate surface area is 126 Å². The van der Waals surface area contributed by atoms with Gasteiger partial charge >= 0.3 is 24.3 Å². The number of rotatable bonds is 4. The van der Waals surface area contributed by atoms with E-state index in [0.717, 1.165) is 0 Å². The van der Waals surface area contributed by atoms with Gasteiger partial charge in [-0.1, -0.05) is 13.5 Å². The average molecular weight is 350 g/mol. The summed E-state index contributed by atoms with van der Waals surface area (Å²) in [5, 5.41) is 0. The van der Waals surface area contributed by atoms with Crippen molar-refractivity contribution in [1.82, 2.24) is 0 Å². The summed E-state index contributed by atoms with van der Waals surface area (Å²) < 4.78 is 88.3. The lowest BCUT2D eigenvalue weighted by atomic mass is 9.94. The zero-order valence-corrected chi connectivity index (χ0v) is 11.7. The molecule has 1 aliphatic heterocycles. The fraction of sp³-hybridized carbons (Fsp3) is 0.667. The van der Waals surface area contributed by atoms with Crippen molar-refractivity contribution >= 4 is 11.9 Å². The summed E-state index contributed by atoms with van der Waals surface area (Å²) in [7, 11) is 0. The van der Waals surface area contributed by atoms with Crippen LogP contribution in [0.2, 0.25) is 0 Å². The number of hydrogen-bond acceptors (Lipinski definition) is 5. The van der Waals surface area contributed by atoms with Crippen LogP contribution in [0.5, 0.6) is 0 Å². The molecule has 0 radical (unpaired) electrons. The predicted molar refractivity (Wildman–Crippen MR) is 60.7 cm³/mol. The number of halogens is 6. The Bertz CT molecular complexity index is 485. The molecular weight excluding hydrogens is 338 g/mol. The summed E-state index contributed by atoms with van der Waals surface area (Å²) in [6.07, 6.45) is -12.5. The van der Waals surface area contributed by atoms with E-state index in [-0.39, 0.29) is 0 Å². The van der Waals surface area contributed by atoms with Crippen molar-refractivity contribution in [2.24, 2.45) is 5.92 Å². The second-order valence-electron chi connectivity index (χ2n) is 4.82. The highest BCUT2D eigenvalue weighted by Crippen LogP contribution is 2.47. The van der Waals surface area contributed by atoms with Crippen LogP contribution in [-0.2, 0) is 23.8 Å². The first-order valence-corrected chi connectivity index (χ1v) is 6.14. The topological polar surface area (TPSA) is 61.8 Å². The van der Waals surface area contributed by atoms with Gasteiger partial charge in [0.05, 0.1) is 0 Å². The van der Waals surface area contributed by atoms with Crippen molar-refractivity contribution in [2.75, 3.05) is 6.61 Å². The fourth-order valence-electron chi connectivity index (χ4n) is 1.91. The summed E-state index contributed by atoms with van der Waals surface area (Å²) in [6.45, 7) is 2.01. The second-order valence-corrected chi connectivity index (χ2v) is 4.82. The predicted octanol–water partition coefficient (Wildman–Crippen LogP) is 2.50. The average Bonchev–Trinajstić information content (AvgIpc) is 2.73. The summed E-state index contributed by atoms with van der Waals surface area (Å²) in [5.41, 5.74) is -3.64. The zero-order valence-electron chi connectivity index (χ0n) is 11.7. The van der Waals surface area contributed by atoms with Gasteiger partial charge in [-0.25, -0.2) is 9.59 Å². The molecule has 0 bridgehead atoms. The minimum Gasteiger partial charge on any atom is -0.454 e. The quantitative estimate of drug-likeness (QED) is 0.443. The van der Waals surface area contributed by atoms with E-state index in [4.69, 9.17) is 0 Å².